The Morgan fingerprint density at radius 2 is 1.60 bits per heavy atom. The van der Waals surface area contributed by atoms with Crippen molar-refractivity contribution >= 4 is 15.7 Å². The maximum atomic E-state index is 12.5. The zero-order chi connectivity index (χ0) is 21.0. The van der Waals surface area contributed by atoms with Crippen LogP contribution in [0.3, 0.4) is 0 Å². The molecule has 1 amide bonds. The van der Waals surface area contributed by atoms with Crippen molar-refractivity contribution in [2.75, 3.05) is 13.2 Å². The first kappa shape index (κ1) is 20.0. The molecule has 0 fully saturated rings. The van der Waals surface area contributed by atoms with Gasteiger partial charge in [-0.15, -0.1) is 0 Å². The maximum absolute atomic E-state index is 12.5. The number of sulfone groups is 1. The Kier molecular flexibility index (Phi) is 5.72. The van der Waals surface area contributed by atoms with E-state index in [4.69, 9.17) is 9.47 Å². The van der Waals surface area contributed by atoms with E-state index in [-0.39, 0.29) is 16.6 Å². The predicted octanol–water partition coefficient (Wildman–Crippen LogP) is 3.36. The Morgan fingerprint density at radius 1 is 0.867 bits per heavy atom. The molecule has 0 aliphatic carbocycles. The molecule has 1 N–H and O–H groups in total. The number of rotatable bonds is 6. The van der Waals surface area contributed by atoms with Crippen LogP contribution in [0, 0.1) is 0 Å². The van der Waals surface area contributed by atoms with E-state index in [1.807, 2.05) is 18.2 Å². The maximum Gasteiger partial charge on any atom is 0.251 e. The van der Waals surface area contributed by atoms with Crippen LogP contribution >= 0.6 is 0 Å². The first-order valence-corrected chi connectivity index (χ1v) is 11.2. The molecule has 0 radical (unpaired) electrons. The van der Waals surface area contributed by atoms with Gasteiger partial charge in [0.15, 0.2) is 21.3 Å². The molecule has 0 saturated carbocycles. The Labute approximate surface area is 175 Å². The molecule has 0 atom stereocenters. The summed E-state index contributed by atoms with van der Waals surface area (Å²) in [6, 6.07) is 20.5. The second-order valence-corrected chi connectivity index (χ2v) is 8.88. The highest BCUT2D eigenvalue weighted by molar-refractivity contribution is 7.90. The smallest absolute Gasteiger partial charge is 0.251 e. The summed E-state index contributed by atoms with van der Waals surface area (Å²) in [5.41, 5.74) is 1.92. The number of carbonyl (C=O) groups is 1. The fraction of sp³-hybridized carbons (Fsp3) is 0.174. The van der Waals surface area contributed by atoms with E-state index in [1.54, 1.807) is 54.6 Å². The molecule has 1 aliphatic rings. The number of benzene rings is 3. The van der Waals surface area contributed by atoms with Gasteiger partial charge in [0.25, 0.3) is 5.91 Å². The zero-order valence-corrected chi connectivity index (χ0v) is 17.0. The first-order chi connectivity index (χ1) is 14.5. The number of para-hydroxylation sites is 1. The number of fused-ring (bicyclic) bond motifs is 1. The van der Waals surface area contributed by atoms with Crippen LogP contribution in [0.4, 0.5) is 0 Å². The number of hydrogen-bond acceptors (Lipinski definition) is 5. The lowest BCUT2D eigenvalue weighted by atomic mass is 10.1. The van der Waals surface area contributed by atoms with E-state index in [2.05, 4.69) is 5.32 Å². The van der Waals surface area contributed by atoms with E-state index < -0.39 is 9.84 Å². The van der Waals surface area contributed by atoms with Crippen LogP contribution < -0.4 is 14.8 Å². The van der Waals surface area contributed by atoms with Gasteiger partial charge < -0.3 is 14.8 Å². The van der Waals surface area contributed by atoms with Gasteiger partial charge in [0.2, 0.25) is 0 Å². The molecular weight excluding hydrogens is 402 g/mol. The second kappa shape index (κ2) is 8.59. The van der Waals surface area contributed by atoms with Crippen LogP contribution in [-0.4, -0.2) is 27.5 Å². The van der Waals surface area contributed by atoms with Crippen LogP contribution in [0.15, 0.2) is 77.7 Å². The summed E-state index contributed by atoms with van der Waals surface area (Å²) in [7, 11) is -3.43. The molecule has 1 heterocycles. The summed E-state index contributed by atoms with van der Waals surface area (Å²) in [6.07, 6.45) is 0. The van der Waals surface area contributed by atoms with Crippen molar-refractivity contribution in [2.24, 2.45) is 0 Å². The molecule has 0 saturated heterocycles. The average molecular weight is 423 g/mol. The molecule has 30 heavy (non-hydrogen) atoms. The van der Waals surface area contributed by atoms with E-state index >= 15 is 0 Å². The van der Waals surface area contributed by atoms with Gasteiger partial charge in [0, 0.05) is 17.7 Å². The van der Waals surface area contributed by atoms with Crippen LogP contribution in [0.5, 0.6) is 11.5 Å². The van der Waals surface area contributed by atoms with E-state index in [0.717, 1.165) is 5.56 Å². The molecule has 0 spiro atoms. The Bertz CT molecular complexity index is 1140. The molecule has 154 valence electrons. The highest BCUT2D eigenvalue weighted by Crippen LogP contribution is 2.33. The fourth-order valence-corrected chi connectivity index (χ4v) is 4.60. The van der Waals surface area contributed by atoms with Gasteiger partial charge in [0.05, 0.1) is 10.6 Å². The van der Waals surface area contributed by atoms with Crippen molar-refractivity contribution in [2.45, 2.75) is 17.2 Å². The Morgan fingerprint density at radius 3 is 2.37 bits per heavy atom. The fourth-order valence-electron chi connectivity index (χ4n) is 3.23. The third kappa shape index (κ3) is 4.46. The van der Waals surface area contributed by atoms with E-state index in [1.165, 1.54) is 0 Å². The molecule has 7 heteroatoms. The summed E-state index contributed by atoms with van der Waals surface area (Å²) in [5, 5.41) is 2.87. The predicted molar refractivity (Wildman–Crippen MR) is 112 cm³/mol. The molecule has 1 aliphatic heterocycles. The third-order valence-corrected chi connectivity index (χ3v) is 6.47. The normalized spacial score (nSPS) is 12.9. The number of carbonyl (C=O) groups excluding carboxylic acids is 1. The zero-order valence-electron chi connectivity index (χ0n) is 16.2. The molecule has 0 unspecified atom stereocenters. The highest BCUT2D eigenvalue weighted by atomic mass is 32.2. The van der Waals surface area contributed by atoms with Crippen molar-refractivity contribution in [3.63, 3.8) is 0 Å². The minimum absolute atomic E-state index is 0.119. The highest BCUT2D eigenvalue weighted by Gasteiger charge is 2.17. The summed E-state index contributed by atoms with van der Waals surface area (Å²) in [5.74, 6) is 0.969. The number of hydrogen-bond donors (Lipinski definition) is 1. The van der Waals surface area contributed by atoms with Crippen LogP contribution in [0.2, 0.25) is 0 Å². The molecule has 3 aromatic carbocycles. The van der Waals surface area contributed by atoms with Crippen molar-refractivity contribution in [1.29, 1.82) is 0 Å². The lowest BCUT2D eigenvalue weighted by Gasteiger charge is -2.21. The lowest BCUT2D eigenvalue weighted by Crippen LogP contribution is -2.24. The molecule has 6 nitrogen and oxygen atoms in total. The van der Waals surface area contributed by atoms with Crippen molar-refractivity contribution < 1.29 is 22.7 Å². The molecule has 3 aromatic rings. The van der Waals surface area contributed by atoms with Gasteiger partial charge in [-0.05, 0) is 35.9 Å². The topological polar surface area (TPSA) is 81.7 Å². The van der Waals surface area contributed by atoms with Crippen LogP contribution in [0.1, 0.15) is 21.5 Å². The number of nitrogens with one attached hydrogen (secondary N) is 1. The first-order valence-electron chi connectivity index (χ1n) is 9.55. The molecule has 0 bridgehead atoms. The Balaban J connectivity index is 1.40. The number of amides is 1. The minimum Gasteiger partial charge on any atom is -0.486 e. The second-order valence-electron chi connectivity index (χ2n) is 6.89. The lowest BCUT2D eigenvalue weighted by molar-refractivity contribution is 0.0950. The van der Waals surface area contributed by atoms with Gasteiger partial charge in [-0.3, -0.25) is 4.79 Å². The van der Waals surface area contributed by atoms with Gasteiger partial charge in [-0.25, -0.2) is 8.42 Å². The van der Waals surface area contributed by atoms with Crippen LogP contribution in [0.25, 0.3) is 0 Å². The van der Waals surface area contributed by atoms with Gasteiger partial charge in [-0.1, -0.05) is 42.5 Å². The van der Waals surface area contributed by atoms with E-state index in [9.17, 15) is 13.2 Å². The van der Waals surface area contributed by atoms with E-state index in [0.29, 0.717) is 42.4 Å². The summed E-state index contributed by atoms with van der Waals surface area (Å²) >= 11 is 0. The summed E-state index contributed by atoms with van der Waals surface area (Å²) < 4.78 is 36.2. The largest absolute Gasteiger partial charge is 0.486 e. The monoisotopic (exact) mass is 423 g/mol. The number of ether oxygens (including phenoxy) is 2. The van der Waals surface area contributed by atoms with Crippen LogP contribution in [-0.2, 0) is 22.1 Å². The van der Waals surface area contributed by atoms with Gasteiger partial charge in [-0.2, -0.15) is 0 Å². The van der Waals surface area contributed by atoms with Crippen molar-refractivity contribution in [3.8, 4) is 11.5 Å². The van der Waals surface area contributed by atoms with Crippen molar-refractivity contribution in [1.82, 2.24) is 5.32 Å². The molecular formula is C23H21NO5S. The minimum atomic E-state index is -3.43. The Hall–Kier alpha value is -3.32. The SMILES string of the molecule is O=C(NCc1cccc2c1OCCO2)c1ccc(CS(=O)(=O)c2ccccc2)cc1. The molecule has 0 aromatic heterocycles. The summed E-state index contributed by atoms with van der Waals surface area (Å²) in [6.45, 7) is 1.29. The third-order valence-electron chi connectivity index (χ3n) is 4.76. The quantitative estimate of drug-likeness (QED) is 0.658. The standard InChI is InChI=1S/C23H21NO5S/c25-23(24-15-19-5-4-8-21-22(19)29-14-13-28-21)18-11-9-17(10-12-18)16-30(26,27)20-6-2-1-3-7-20/h1-12H,13-16H2,(H,24,25). The molecule has 4 rings (SSSR count). The van der Waals surface area contributed by atoms with Gasteiger partial charge >= 0.3 is 0 Å². The van der Waals surface area contributed by atoms with Gasteiger partial charge in [0.1, 0.15) is 13.2 Å². The van der Waals surface area contributed by atoms with Crippen molar-refractivity contribution in [3.05, 3.63) is 89.5 Å². The summed E-state index contributed by atoms with van der Waals surface area (Å²) in [4.78, 5) is 12.8. The average Bonchev–Trinajstić information content (AvgIpc) is 2.78.